The molecule has 2 heterocycles. The highest BCUT2D eigenvalue weighted by atomic mass is 16.6. The molecule has 6 heteroatoms. The third-order valence-electron chi connectivity index (χ3n) is 3.67. The Morgan fingerprint density at radius 1 is 1.18 bits per heavy atom. The highest BCUT2D eigenvalue weighted by Gasteiger charge is 2.36. The zero-order valence-corrected chi connectivity index (χ0v) is 11.0. The summed E-state index contributed by atoms with van der Waals surface area (Å²) in [7, 11) is 4.06. The average Bonchev–Trinajstić information content (AvgIpc) is 2.78. The summed E-state index contributed by atoms with van der Waals surface area (Å²) in [5, 5.41) is 9.77. The van der Waals surface area contributed by atoms with E-state index in [0.717, 1.165) is 12.8 Å². The maximum atomic E-state index is 9.77. The lowest BCUT2D eigenvalue weighted by atomic mass is 9.95. The zero-order chi connectivity index (χ0) is 12.4. The summed E-state index contributed by atoms with van der Waals surface area (Å²) in [6.07, 6.45) is 2.42. The molecule has 0 amide bonds. The van der Waals surface area contributed by atoms with E-state index in [0.29, 0.717) is 13.0 Å². The third-order valence-corrected chi connectivity index (χ3v) is 3.67. The van der Waals surface area contributed by atoms with Gasteiger partial charge in [0.05, 0.1) is 24.9 Å². The third kappa shape index (κ3) is 3.25. The molecule has 0 bridgehead atoms. The normalized spacial score (nSPS) is 46.5. The average molecular weight is 240 g/mol. The van der Waals surface area contributed by atoms with Gasteiger partial charge in [0.25, 0.3) is 0 Å². The van der Waals surface area contributed by atoms with Gasteiger partial charge in [-0.3, -0.25) is 0 Å². The van der Waals surface area contributed by atoms with Gasteiger partial charge in [-0.2, -0.15) is 0 Å². The lowest BCUT2D eigenvalue weighted by molar-refractivity contribution is -0.0738. The topological polar surface area (TPSA) is 47.9 Å². The van der Waals surface area contributed by atoms with Crippen LogP contribution in [0.25, 0.3) is 0 Å². The molecule has 17 heavy (non-hydrogen) atoms. The molecule has 6 atom stereocenters. The molecule has 2 rings (SSSR count). The van der Waals surface area contributed by atoms with Crippen LogP contribution in [-0.4, -0.2) is 63.8 Å². The van der Waals surface area contributed by atoms with Gasteiger partial charge in [-0.1, -0.05) is 6.92 Å². The molecule has 0 aromatic heterocycles. The van der Waals surface area contributed by atoms with Crippen molar-refractivity contribution in [3.8, 4) is 0 Å². The van der Waals surface area contributed by atoms with Crippen LogP contribution in [0.2, 0.25) is 0 Å². The summed E-state index contributed by atoms with van der Waals surface area (Å²) < 4.78 is 17.2. The summed E-state index contributed by atoms with van der Waals surface area (Å²) in [4.78, 5) is 0. The predicted octanol–water partition coefficient (Wildman–Crippen LogP) is -1.36. The molecule has 2 fully saturated rings. The van der Waals surface area contributed by atoms with Crippen molar-refractivity contribution in [2.24, 2.45) is 0 Å². The quantitative estimate of drug-likeness (QED) is 0.616. The SMILES string of the molecule is B[C@H]1CC(O)[C@@H](COC2C[C@H](B)O[C@@H]2CC)O1. The molecule has 0 aromatic carbocycles. The predicted molar refractivity (Wildman–Crippen MR) is 69.7 cm³/mol. The first kappa shape index (κ1) is 13.4. The number of hydrogen-bond donors (Lipinski definition) is 1. The van der Waals surface area contributed by atoms with Crippen LogP contribution in [-0.2, 0) is 14.2 Å². The second-order valence-electron chi connectivity index (χ2n) is 5.29. The van der Waals surface area contributed by atoms with Crippen molar-refractivity contribution in [2.75, 3.05) is 6.61 Å². The molecular weight excluding hydrogens is 218 g/mol. The molecule has 0 saturated carbocycles. The van der Waals surface area contributed by atoms with Crippen molar-refractivity contribution in [3.05, 3.63) is 0 Å². The Balaban J connectivity index is 1.78. The lowest BCUT2D eigenvalue weighted by Crippen LogP contribution is -2.32. The Hall–Kier alpha value is -0.0301. The summed E-state index contributed by atoms with van der Waals surface area (Å²) in [5.74, 6) is 0. The minimum absolute atomic E-state index is 0.138. The fraction of sp³-hybridized carbons (Fsp3) is 1.00. The number of rotatable bonds is 4. The maximum Gasteiger partial charge on any atom is 0.139 e. The highest BCUT2D eigenvalue weighted by molar-refractivity contribution is 6.11. The molecule has 2 aliphatic rings. The molecule has 1 N–H and O–H groups in total. The standard InChI is InChI=1S/C11H22B2O4/c1-2-7-8(4-11(13)16-7)15-5-9-6(14)3-10(12)17-9/h6-11,14H,2-5,12-13H2,1H3/t6?,7-,8?,9-,10-,11-/m1/s1. The van der Waals surface area contributed by atoms with Gasteiger partial charge in [0.2, 0.25) is 0 Å². The second kappa shape index (κ2) is 5.74. The van der Waals surface area contributed by atoms with E-state index in [-0.39, 0.29) is 36.4 Å². The van der Waals surface area contributed by atoms with Crippen LogP contribution in [0.3, 0.4) is 0 Å². The van der Waals surface area contributed by atoms with Gasteiger partial charge in [-0.25, -0.2) is 0 Å². The van der Waals surface area contributed by atoms with Crippen LogP contribution >= 0.6 is 0 Å². The largest absolute Gasteiger partial charge is 0.390 e. The summed E-state index contributed by atoms with van der Waals surface area (Å²) >= 11 is 0. The Morgan fingerprint density at radius 2 is 1.82 bits per heavy atom. The zero-order valence-electron chi connectivity index (χ0n) is 11.0. The summed E-state index contributed by atoms with van der Waals surface area (Å²) in [6.45, 7) is 2.59. The van der Waals surface area contributed by atoms with Crippen LogP contribution in [0.4, 0.5) is 0 Å². The molecule has 4 nitrogen and oxygen atoms in total. The van der Waals surface area contributed by atoms with E-state index in [4.69, 9.17) is 14.2 Å². The van der Waals surface area contributed by atoms with Crippen molar-refractivity contribution in [1.82, 2.24) is 0 Å². The van der Waals surface area contributed by atoms with Crippen molar-refractivity contribution in [3.63, 3.8) is 0 Å². The number of ether oxygens (including phenoxy) is 3. The first-order chi connectivity index (χ1) is 8.10. The van der Waals surface area contributed by atoms with Gasteiger partial charge < -0.3 is 19.3 Å². The van der Waals surface area contributed by atoms with E-state index in [9.17, 15) is 5.11 Å². The van der Waals surface area contributed by atoms with E-state index < -0.39 is 0 Å². The molecule has 0 radical (unpaired) electrons. The monoisotopic (exact) mass is 240 g/mol. The second-order valence-corrected chi connectivity index (χ2v) is 5.29. The molecule has 96 valence electrons. The van der Waals surface area contributed by atoms with Gasteiger partial charge in [-0.15, -0.1) is 0 Å². The molecular formula is C11H22B2O4. The fourth-order valence-electron chi connectivity index (χ4n) is 2.76. The number of hydrogen-bond acceptors (Lipinski definition) is 4. The van der Waals surface area contributed by atoms with Gasteiger partial charge in [-0.05, 0) is 19.3 Å². The van der Waals surface area contributed by atoms with E-state index in [1.165, 1.54) is 0 Å². The Morgan fingerprint density at radius 3 is 2.41 bits per heavy atom. The number of aliphatic hydroxyl groups excluding tert-OH is 1. The van der Waals surface area contributed by atoms with E-state index >= 15 is 0 Å². The Kier molecular flexibility index (Phi) is 4.53. The van der Waals surface area contributed by atoms with Gasteiger partial charge >= 0.3 is 0 Å². The van der Waals surface area contributed by atoms with Crippen LogP contribution < -0.4 is 0 Å². The minimum Gasteiger partial charge on any atom is -0.390 e. The first-order valence-electron chi connectivity index (χ1n) is 6.70. The maximum absolute atomic E-state index is 9.77. The van der Waals surface area contributed by atoms with Crippen LogP contribution in [0, 0.1) is 0 Å². The van der Waals surface area contributed by atoms with E-state index in [1.807, 2.05) is 7.85 Å². The van der Waals surface area contributed by atoms with Gasteiger partial charge in [0.15, 0.2) is 0 Å². The molecule has 2 saturated heterocycles. The van der Waals surface area contributed by atoms with Crippen LogP contribution in [0.1, 0.15) is 26.2 Å². The minimum atomic E-state index is -0.384. The van der Waals surface area contributed by atoms with Gasteiger partial charge in [0.1, 0.15) is 21.8 Å². The first-order valence-corrected chi connectivity index (χ1v) is 6.70. The fourth-order valence-corrected chi connectivity index (χ4v) is 2.76. The summed E-state index contributed by atoms with van der Waals surface area (Å²) in [6, 6.07) is 0.414. The molecule has 0 aromatic rings. The molecule has 2 unspecified atom stereocenters. The molecule has 2 aliphatic heterocycles. The van der Waals surface area contributed by atoms with Crippen molar-refractivity contribution in [1.29, 1.82) is 0 Å². The lowest BCUT2D eigenvalue weighted by Gasteiger charge is -2.21. The molecule has 0 spiro atoms. The number of aliphatic hydroxyl groups is 1. The Labute approximate surface area is 105 Å². The van der Waals surface area contributed by atoms with E-state index in [1.54, 1.807) is 0 Å². The Bertz CT molecular complexity index is 254. The van der Waals surface area contributed by atoms with Crippen molar-refractivity contribution < 1.29 is 19.3 Å². The highest BCUT2D eigenvalue weighted by Crippen LogP contribution is 2.25. The molecule has 0 aliphatic carbocycles. The van der Waals surface area contributed by atoms with Crippen LogP contribution in [0.15, 0.2) is 0 Å². The van der Waals surface area contributed by atoms with E-state index in [2.05, 4.69) is 14.8 Å². The van der Waals surface area contributed by atoms with Crippen molar-refractivity contribution >= 4 is 15.7 Å². The van der Waals surface area contributed by atoms with Crippen molar-refractivity contribution in [2.45, 2.75) is 62.6 Å². The smallest absolute Gasteiger partial charge is 0.139 e. The summed E-state index contributed by atoms with van der Waals surface area (Å²) in [5.41, 5.74) is 0. The van der Waals surface area contributed by atoms with Gasteiger partial charge in [0, 0.05) is 12.0 Å². The van der Waals surface area contributed by atoms with Crippen LogP contribution in [0.5, 0.6) is 0 Å².